The Bertz CT molecular complexity index is 671. The fourth-order valence-corrected chi connectivity index (χ4v) is 2.55. The van der Waals surface area contributed by atoms with Crippen molar-refractivity contribution in [2.75, 3.05) is 7.11 Å². The normalized spacial score (nSPS) is 10.2. The van der Waals surface area contributed by atoms with E-state index in [9.17, 15) is 4.79 Å². The number of rotatable bonds is 5. The van der Waals surface area contributed by atoms with E-state index in [4.69, 9.17) is 14.6 Å². The van der Waals surface area contributed by atoms with E-state index in [0.717, 1.165) is 15.8 Å². The molecule has 4 nitrogen and oxygen atoms in total. The van der Waals surface area contributed by atoms with Gasteiger partial charge in [-0.25, -0.2) is 4.79 Å². The summed E-state index contributed by atoms with van der Waals surface area (Å²) in [6.07, 6.45) is 0. The van der Waals surface area contributed by atoms with E-state index in [0.29, 0.717) is 16.8 Å². The van der Waals surface area contributed by atoms with Gasteiger partial charge in [0.1, 0.15) is 18.1 Å². The minimum atomic E-state index is -0.974. The lowest BCUT2D eigenvalue weighted by Crippen LogP contribution is -2.00. The molecule has 2 aromatic rings. The zero-order valence-corrected chi connectivity index (χ0v) is 14.3. The van der Waals surface area contributed by atoms with Crippen LogP contribution >= 0.6 is 31.9 Å². The molecule has 0 unspecified atom stereocenters. The van der Waals surface area contributed by atoms with Crippen molar-refractivity contribution in [1.29, 1.82) is 0 Å². The Morgan fingerprint density at radius 3 is 2.52 bits per heavy atom. The van der Waals surface area contributed by atoms with E-state index in [2.05, 4.69) is 31.9 Å². The van der Waals surface area contributed by atoms with Crippen LogP contribution in [0.3, 0.4) is 0 Å². The van der Waals surface area contributed by atoms with Crippen LogP contribution in [0.4, 0.5) is 0 Å². The first-order valence-corrected chi connectivity index (χ1v) is 7.58. The van der Waals surface area contributed by atoms with Gasteiger partial charge in [-0.3, -0.25) is 0 Å². The molecule has 1 N–H and O–H groups in total. The summed E-state index contributed by atoms with van der Waals surface area (Å²) in [7, 11) is 1.61. The van der Waals surface area contributed by atoms with Crippen molar-refractivity contribution in [2.45, 2.75) is 6.61 Å². The van der Waals surface area contributed by atoms with Gasteiger partial charge in [0.2, 0.25) is 0 Å². The summed E-state index contributed by atoms with van der Waals surface area (Å²) in [5.74, 6) is 0.351. The minimum absolute atomic E-state index is 0.205. The summed E-state index contributed by atoms with van der Waals surface area (Å²) >= 11 is 6.77. The Kier molecular flexibility index (Phi) is 5.25. The van der Waals surface area contributed by atoms with Crippen molar-refractivity contribution < 1.29 is 19.4 Å². The smallest absolute Gasteiger partial charge is 0.335 e. The molecule has 0 saturated heterocycles. The average Bonchev–Trinajstić information content (AvgIpc) is 2.47. The van der Waals surface area contributed by atoms with Crippen molar-refractivity contribution in [3.63, 3.8) is 0 Å². The maximum absolute atomic E-state index is 10.9. The summed E-state index contributed by atoms with van der Waals surface area (Å²) in [4.78, 5) is 10.9. The second-order valence-corrected chi connectivity index (χ2v) is 5.91. The molecule has 0 aromatic heterocycles. The van der Waals surface area contributed by atoms with Crippen molar-refractivity contribution in [3.8, 4) is 11.5 Å². The molecule has 21 heavy (non-hydrogen) atoms. The van der Waals surface area contributed by atoms with Crippen molar-refractivity contribution in [2.24, 2.45) is 0 Å². The van der Waals surface area contributed by atoms with Crippen LogP contribution in [0.2, 0.25) is 0 Å². The molecule has 0 atom stereocenters. The molecular weight excluding hydrogens is 404 g/mol. The number of hydrogen-bond acceptors (Lipinski definition) is 3. The second-order valence-electron chi connectivity index (χ2n) is 4.20. The van der Waals surface area contributed by atoms with Crippen LogP contribution in [0.25, 0.3) is 0 Å². The lowest BCUT2D eigenvalue weighted by atomic mass is 10.2. The number of aromatic carboxylic acids is 1. The summed E-state index contributed by atoms with van der Waals surface area (Å²) in [5.41, 5.74) is 1.14. The predicted molar refractivity (Wildman–Crippen MR) is 86.1 cm³/mol. The number of halogens is 2. The molecule has 6 heteroatoms. The Labute approximate surface area is 139 Å². The van der Waals surface area contributed by atoms with Gasteiger partial charge in [0.15, 0.2) is 0 Å². The first kappa shape index (κ1) is 15.9. The number of carboxylic acids is 1. The molecule has 0 heterocycles. The molecule has 110 valence electrons. The van der Waals surface area contributed by atoms with Gasteiger partial charge in [0, 0.05) is 10.0 Å². The van der Waals surface area contributed by atoms with Gasteiger partial charge < -0.3 is 14.6 Å². The highest BCUT2D eigenvalue weighted by molar-refractivity contribution is 9.10. The van der Waals surface area contributed by atoms with Crippen LogP contribution in [0.15, 0.2) is 45.3 Å². The fourth-order valence-electron chi connectivity index (χ4n) is 1.70. The number of methoxy groups -OCH3 is 1. The Balaban J connectivity index is 2.15. The van der Waals surface area contributed by atoms with Gasteiger partial charge in [-0.05, 0) is 52.3 Å². The first-order valence-electron chi connectivity index (χ1n) is 5.99. The largest absolute Gasteiger partial charge is 0.497 e. The molecule has 0 aliphatic carbocycles. The predicted octanol–water partition coefficient (Wildman–Crippen LogP) is 4.50. The van der Waals surface area contributed by atoms with Gasteiger partial charge in [-0.15, -0.1) is 0 Å². The van der Waals surface area contributed by atoms with Crippen LogP contribution in [-0.4, -0.2) is 18.2 Å². The summed E-state index contributed by atoms with van der Waals surface area (Å²) in [5, 5.41) is 8.92. The molecular formula is C15H12Br2O4. The van der Waals surface area contributed by atoms with E-state index in [1.807, 2.05) is 18.2 Å². The molecule has 0 amide bonds. The van der Waals surface area contributed by atoms with Crippen LogP contribution in [0.5, 0.6) is 11.5 Å². The van der Waals surface area contributed by atoms with Crippen LogP contribution in [0, 0.1) is 0 Å². The molecule has 2 aromatic carbocycles. The van der Waals surface area contributed by atoms with E-state index >= 15 is 0 Å². The highest BCUT2D eigenvalue weighted by Crippen LogP contribution is 2.29. The quantitative estimate of drug-likeness (QED) is 0.781. The van der Waals surface area contributed by atoms with Crippen LogP contribution in [-0.2, 0) is 6.61 Å². The number of benzene rings is 2. The second kappa shape index (κ2) is 6.95. The minimum Gasteiger partial charge on any atom is -0.497 e. The van der Waals surface area contributed by atoms with Gasteiger partial charge in [-0.1, -0.05) is 15.9 Å². The topological polar surface area (TPSA) is 55.8 Å². The number of ether oxygens (including phenoxy) is 2. The number of hydrogen-bond donors (Lipinski definition) is 1. The van der Waals surface area contributed by atoms with Crippen molar-refractivity contribution >= 4 is 37.8 Å². The average molecular weight is 416 g/mol. The highest BCUT2D eigenvalue weighted by Gasteiger charge is 2.09. The van der Waals surface area contributed by atoms with E-state index in [1.165, 1.54) is 12.1 Å². The highest BCUT2D eigenvalue weighted by atomic mass is 79.9. The summed E-state index contributed by atoms with van der Waals surface area (Å²) in [6, 6.07) is 10.3. The van der Waals surface area contributed by atoms with Gasteiger partial charge in [0.05, 0.1) is 17.1 Å². The molecule has 0 saturated carbocycles. The standard InChI is InChI=1S/C15H12Br2O4/c1-20-11-3-4-12(16)10(6-11)8-21-14-5-2-9(15(18)19)7-13(14)17/h2-7H,8H2,1H3,(H,18,19). The van der Waals surface area contributed by atoms with E-state index in [1.54, 1.807) is 13.2 Å². The third-order valence-corrected chi connectivity index (χ3v) is 4.21. The Hall–Kier alpha value is -1.53. The summed E-state index contributed by atoms with van der Waals surface area (Å²) in [6.45, 7) is 0.336. The van der Waals surface area contributed by atoms with Crippen molar-refractivity contribution in [3.05, 3.63) is 56.5 Å². The molecule has 0 aliphatic heterocycles. The zero-order chi connectivity index (χ0) is 15.4. The molecule has 0 aliphatic rings. The van der Waals surface area contributed by atoms with Crippen LogP contribution in [0.1, 0.15) is 15.9 Å². The maximum atomic E-state index is 10.9. The van der Waals surface area contributed by atoms with Crippen molar-refractivity contribution in [1.82, 2.24) is 0 Å². The Morgan fingerprint density at radius 2 is 1.90 bits per heavy atom. The first-order chi connectivity index (χ1) is 10.0. The maximum Gasteiger partial charge on any atom is 0.335 e. The Morgan fingerprint density at radius 1 is 1.14 bits per heavy atom. The summed E-state index contributed by atoms with van der Waals surface area (Å²) < 4.78 is 12.4. The lowest BCUT2D eigenvalue weighted by Gasteiger charge is -2.11. The fraction of sp³-hybridized carbons (Fsp3) is 0.133. The van der Waals surface area contributed by atoms with E-state index < -0.39 is 5.97 Å². The van der Waals surface area contributed by atoms with Gasteiger partial charge in [-0.2, -0.15) is 0 Å². The third kappa shape index (κ3) is 3.98. The number of carbonyl (C=O) groups is 1. The SMILES string of the molecule is COc1ccc(Br)c(COc2ccc(C(=O)O)cc2Br)c1. The molecule has 0 radical (unpaired) electrons. The van der Waals surface area contributed by atoms with Gasteiger partial charge in [0.25, 0.3) is 0 Å². The molecule has 0 spiro atoms. The third-order valence-electron chi connectivity index (χ3n) is 2.81. The molecule has 0 fully saturated rings. The lowest BCUT2D eigenvalue weighted by molar-refractivity contribution is 0.0696. The molecule has 2 rings (SSSR count). The monoisotopic (exact) mass is 414 g/mol. The van der Waals surface area contributed by atoms with Gasteiger partial charge >= 0.3 is 5.97 Å². The number of carboxylic acid groups (broad SMARTS) is 1. The van der Waals surface area contributed by atoms with E-state index in [-0.39, 0.29) is 5.56 Å². The van der Waals surface area contributed by atoms with Crippen LogP contribution < -0.4 is 9.47 Å². The molecule has 0 bridgehead atoms. The zero-order valence-electron chi connectivity index (χ0n) is 11.1.